The van der Waals surface area contributed by atoms with Crippen LogP contribution in [0.25, 0.3) is 17.3 Å². The Morgan fingerprint density at radius 1 is 1.12 bits per heavy atom. The number of sulfonamides is 1. The number of rotatable bonds is 12. The summed E-state index contributed by atoms with van der Waals surface area (Å²) in [6.45, 7) is 1.72. The standard InChI is InChI=1S/C28H33ClN6O5S2/c1-19(15-22-20(17-30)16-21(29)18-31-22)42(36,37)34(12-14-41(4,5)6)28-33-32-27(25-11-8-13-40-25)35(28)26-23(38-2)9-7-10-24(26)39-3/h7-11,13,16,18-19H,12,14-15H2,1-6H3/t19-/m0/s1. The summed E-state index contributed by atoms with van der Waals surface area (Å²) in [5.74, 6) is 2.10. The fraction of sp³-hybridized carbons (Fsp3) is 0.357. The summed E-state index contributed by atoms with van der Waals surface area (Å²) in [6.07, 6.45) is 9.22. The molecule has 1 atom stereocenters. The van der Waals surface area contributed by atoms with Gasteiger partial charge >= 0.3 is 0 Å². The first kappa shape index (κ1) is 31.2. The van der Waals surface area contributed by atoms with E-state index in [0.29, 0.717) is 39.4 Å². The van der Waals surface area contributed by atoms with Crippen LogP contribution in [-0.2, 0) is 16.4 Å². The fourth-order valence-corrected chi connectivity index (χ4v) is 6.78. The van der Waals surface area contributed by atoms with Gasteiger partial charge in [-0.25, -0.2) is 22.8 Å². The number of aromatic nitrogens is 4. The van der Waals surface area contributed by atoms with E-state index in [1.165, 1.54) is 37.1 Å². The highest BCUT2D eigenvalue weighted by Gasteiger charge is 2.36. The number of pyridine rings is 1. The van der Waals surface area contributed by atoms with Crippen LogP contribution in [0.4, 0.5) is 5.95 Å². The van der Waals surface area contributed by atoms with Gasteiger partial charge in [0.25, 0.3) is 0 Å². The molecule has 0 amide bonds. The monoisotopic (exact) mass is 632 g/mol. The molecule has 1 aromatic carbocycles. The molecule has 0 unspecified atom stereocenters. The maximum absolute atomic E-state index is 14.4. The topological polar surface area (TPSA) is 136 Å². The van der Waals surface area contributed by atoms with Crippen molar-refractivity contribution in [1.29, 1.82) is 5.26 Å². The first-order valence-electron chi connectivity index (χ1n) is 12.8. The summed E-state index contributed by atoms with van der Waals surface area (Å²) in [7, 11) is -2.21. The number of benzene rings is 1. The third-order valence-electron chi connectivity index (χ3n) is 6.50. The van der Waals surface area contributed by atoms with Gasteiger partial charge in [-0.2, -0.15) is 5.26 Å². The van der Waals surface area contributed by atoms with Crippen molar-refractivity contribution in [3.63, 3.8) is 0 Å². The Balaban J connectivity index is 1.93. The van der Waals surface area contributed by atoms with Crippen molar-refractivity contribution in [2.75, 3.05) is 49.6 Å². The lowest BCUT2D eigenvalue weighted by Crippen LogP contribution is -2.42. The largest absolute Gasteiger partial charge is 0.494 e. The minimum Gasteiger partial charge on any atom is -0.494 e. The van der Waals surface area contributed by atoms with Gasteiger partial charge in [-0.1, -0.05) is 17.7 Å². The van der Waals surface area contributed by atoms with Gasteiger partial charge in [0, 0.05) is 19.2 Å². The van der Waals surface area contributed by atoms with Gasteiger partial charge in [0.05, 0.1) is 42.0 Å². The third kappa shape index (κ3) is 6.51. The highest BCUT2D eigenvalue weighted by Crippen LogP contribution is 2.40. The van der Waals surface area contributed by atoms with Gasteiger partial charge in [0.15, 0.2) is 5.76 Å². The summed E-state index contributed by atoms with van der Waals surface area (Å²) in [6, 6.07) is 12.2. The number of ether oxygens (including phenoxy) is 2. The number of para-hydroxylation sites is 1. The van der Waals surface area contributed by atoms with E-state index in [-0.39, 0.29) is 30.3 Å². The van der Waals surface area contributed by atoms with Crippen molar-refractivity contribution in [3.05, 3.63) is 65.1 Å². The lowest BCUT2D eigenvalue weighted by atomic mass is 10.1. The van der Waals surface area contributed by atoms with Crippen molar-refractivity contribution >= 4 is 37.6 Å². The first-order chi connectivity index (χ1) is 19.9. The quantitative estimate of drug-likeness (QED) is 0.213. The second-order valence-electron chi connectivity index (χ2n) is 10.3. The molecule has 0 saturated carbocycles. The molecule has 4 aromatic rings. The van der Waals surface area contributed by atoms with E-state index in [1.54, 1.807) is 41.8 Å². The van der Waals surface area contributed by atoms with Gasteiger partial charge in [0.1, 0.15) is 23.3 Å². The van der Waals surface area contributed by atoms with Crippen molar-refractivity contribution in [2.24, 2.45) is 0 Å². The molecule has 3 aromatic heterocycles. The molecule has 14 heteroatoms. The zero-order chi connectivity index (χ0) is 30.7. The van der Waals surface area contributed by atoms with Gasteiger partial charge in [-0.3, -0.25) is 9.55 Å². The molecule has 224 valence electrons. The van der Waals surface area contributed by atoms with E-state index in [1.807, 2.05) is 0 Å². The molecule has 0 N–H and O–H groups in total. The zero-order valence-electron chi connectivity index (χ0n) is 24.2. The van der Waals surface area contributed by atoms with E-state index < -0.39 is 25.3 Å². The Morgan fingerprint density at radius 3 is 2.38 bits per heavy atom. The SMILES string of the molecule is COc1cccc(OC)c1-n1c(-c2ccco2)nnc1N(CCS(C)(C)C)S(=O)(=O)[C@@H](C)Cc1ncc(Cl)cc1C#N. The summed E-state index contributed by atoms with van der Waals surface area (Å²) in [4.78, 5) is 4.26. The lowest BCUT2D eigenvalue weighted by Gasteiger charge is -2.32. The van der Waals surface area contributed by atoms with Crippen LogP contribution in [0.1, 0.15) is 18.2 Å². The highest BCUT2D eigenvalue weighted by atomic mass is 35.5. The van der Waals surface area contributed by atoms with Crippen LogP contribution in [0, 0.1) is 11.3 Å². The van der Waals surface area contributed by atoms with Crippen LogP contribution in [0.5, 0.6) is 11.5 Å². The number of hydrogen-bond donors (Lipinski definition) is 0. The molecular formula is C28H33ClN6O5S2. The van der Waals surface area contributed by atoms with Crippen LogP contribution in [0.15, 0.2) is 53.3 Å². The number of nitrogens with zero attached hydrogens (tertiary/aromatic N) is 6. The molecule has 4 rings (SSSR count). The van der Waals surface area contributed by atoms with Crippen molar-refractivity contribution in [1.82, 2.24) is 19.7 Å². The number of hydrogen-bond acceptors (Lipinski definition) is 9. The van der Waals surface area contributed by atoms with Crippen molar-refractivity contribution < 1.29 is 22.3 Å². The maximum atomic E-state index is 14.4. The molecule has 0 radical (unpaired) electrons. The maximum Gasteiger partial charge on any atom is 0.246 e. The normalized spacial score (nSPS) is 12.9. The molecule has 3 heterocycles. The Hall–Kier alpha value is -3.73. The van der Waals surface area contributed by atoms with E-state index in [4.69, 9.17) is 25.5 Å². The predicted molar refractivity (Wildman–Crippen MR) is 166 cm³/mol. The average Bonchev–Trinajstić information content (AvgIpc) is 3.63. The van der Waals surface area contributed by atoms with Crippen LogP contribution in [0.3, 0.4) is 0 Å². The van der Waals surface area contributed by atoms with Crippen molar-refractivity contribution in [2.45, 2.75) is 18.6 Å². The third-order valence-corrected chi connectivity index (χ3v) is 10.3. The van der Waals surface area contributed by atoms with Crippen LogP contribution in [-0.4, -0.2) is 78.7 Å². The molecule has 11 nitrogen and oxygen atoms in total. The van der Waals surface area contributed by atoms with E-state index in [0.717, 1.165) is 0 Å². The Bertz CT molecular complexity index is 1670. The Labute approximate surface area is 252 Å². The summed E-state index contributed by atoms with van der Waals surface area (Å²) < 4.78 is 48.8. The van der Waals surface area contributed by atoms with Crippen LogP contribution >= 0.6 is 21.6 Å². The summed E-state index contributed by atoms with van der Waals surface area (Å²) in [5, 5.41) is 17.7. The minimum atomic E-state index is -4.11. The molecule has 0 spiro atoms. The van der Waals surface area contributed by atoms with Gasteiger partial charge in [-0.15, -0.1) is 10.2 Å². The van der Waals surface area contributed by atoms with Gasteiger partial charge < -0.3 is 13.9 Å². The highest BCUT2D eigenvalue weighted by molar-refractivity contribution is 8.32. The summed E-state index contributed by atoms with van der Waals surface area (Å²) in [5.41, 5.74) is 0.969. The smallest absolute Gasteiger partial charge is 0.246 e. The lowest BCUT2D eigenvalue weighted by molar-refractivity contribution is 0.391. The second kappa shape index (κ2) is 12.6. The Kier molecular flexibility index (Phi) is 9.40. The number of furan rings is 1. The number of anilines is 1. The Morgan fingerprint density at radius 2 is 1.81 bits per heavy atom. The van der Waals surface area contributed by atoms with Gasteiger partial charge in [-0.05, 0) is 61.8 Å². The van der Waals surface area contributed by atoms with Crippen LogP contribution in [0.2, 0.25) is 5.02 Å². The molecule has 0 aliphatic carbocycles. The molecule has 0 saturated heterocycles. The zero-order valence-corrected chi connectivity index (χ0v) is 26.6. The fourth-order valence-electron chi connectivity index (χ4n) is 4.28. The van der Waals surface area contributed by atoms with E-state index >= 15 is 0 Å². The number of methoxy groups -OCH3 is 2. The second-order valence-corrected chi connectivity index (χ2v) is 17.6. The predicted octanol–water partition coefficient (Wildman–Crippen LogP) is 4.93. The first-order valence-corrected chi connectivity index (χ1v) is 17.7. The average molecular weight is 633 g/mol. The van der Waals surface area contributed by atoms with Crippen molar-refractivity contribution in [3.8, 4) is 34.8 Å². The molecular weight excluding hydrogens is 600 g/mol. The molecule has 0 fully saturated rings. The minimum absolute atomic E-state index is 0.0154. The number of nitriles is 1. The van der Waals surface area contributed by atoms with E-state index in [9.17, 15) is 13.7 Å². The van der Waals surface area contributed by atoms with Crippen LogP contribution < -0.4 is 13.8 Å². The molecule has 0 bridgehead atoms. The van der Waals surface area contributed by atoms with Gasteiger partial charge in [0.2, 0.25) is 21.8 Å². The molecule has 42 heavy (non-hydrogen) atoms. The molecule has 0 aliphatic rings. The number of halogens is 1. The molecule has 0 aliphatic heterocycles. The summed E-state index contributed by atoms with van der Waals surface area (Å²) >= 11 is 6.02. The van der Waals surface area contributed by atoms with E-state index in [2.05, 4.69) is 40.0 Å².